The van der Waals surface area contributed by atoms with Gasteiger partial charge in [-0.1, -0.05) is 54.6 Å². The van der Waals surface area contributed by atoms with Crippen LogP contribution in [0.15, 0.2) is 76.3 Å². The number of nitrogens with two attached hydrogens (primary N) is 1. The highest BCUT2D eigenvalue weighted by atomic mass is 19.1. The molecule has 186 valence electrons. The molecule has 0 spiro atoms. The molecule has 0 amide bonds. The van der Waals surface area contributed by atoms with Crippen molar-refractivity contribution < 1.29 is 13.5 Å². The zero-order valence-corrected chi connectivity index (χ0v) is 20.3. The molecule has 0 saturated heterocycles. The zero-order valence-electron chi connectivity index (χ0n) is 20.3. The number of ether oxygens (including phenoxy) is 1. The fourth-order valence-electron chi connectivity index (χ4n) is 4.35. The Morgan fingerprint density at radius 3 is 2.28 bits per heavy atom. The summed E-state index contributed by atoms with van der Waals surface area (Å²) < 4.78 is 37.4. The first kappa shape index (κ1) is 25.1. The van der Waals surface area contributed by atoms with E-state index >= 15 is 4.39 Å². The van der Waals surface area contributed by atoms with E-state index in [4.69, 9.17) is 10.5 Å². The van der Waals surface area contributed by atoms with Gasteiger partial charge >= 0.3 is 5.69 Å². The molecule has 3 aromatic carbocycles. The van der Waals surface area contributed by atoms with E-state index in [2.05, 4.69) is 0 Å². The van der Waals surface area contributed by atoms with Gasteiger partial charge in [-0.3, -0.25) is 13.9 Å². The summed E-state index contributed by atoms with van der Waals surface area (Å²) >= 11 is 0. The topological polar surface area (TPSA) is 79.2 Å². The van der Waals surface area contributed by atoms with Crippen LogP contribution < -0.4 is 21.7 Å². The van der Waals surface area contributed by atoms with Gasteiger partial charge < -0.3 is 10.5 Å². The molecule has 4 aromatic rings. The number of methoxy groups -OCH3 is 1. The first-order valence-corrected chi connectivity index (χ1v) is 11.5. The minimum Gasteiger partial charge on any atom is -0.494 e. The van der Waals surface area contributed by atoms with Crippen LogP contribution in [0, 0.1) is 25.5 Å². The third-order valence-corrected chi connectivity index (χ3v) is 6.42. The third-order valence-electron chi connectivity index (χ3n) is 6.42. The van der Waals surface area contributed by atoms with Crippen LogP contribution in [0.2, 0.25) is 0 Å². The molecule has 1 heterocycles. The lowest BCUT2D eigenvalue weighted by molar-refractivity contribution is 0.387. The molecular weight excluding hydrogens is 464 g/mol. The Balaban J connectivity index is 1.98. The van der Waals surface area contributed by atoms with Crippen LogP contribution in [0.4, 0.5) is 8.78 Å². The van der Waals surface area contributed by atoms with Crippen molar-refractivity contribution in [3.05, 3.63) is 122 Å². The lowest BCUT2D eigenvalue weighted by atomic mass is 10.0. The number of hydrogen-bond donors (Lipinski definition) is 1. The maximum absolute atomic E-state index is 15.3. The monoisotopic (exact) mass is 491 g/mol. The van der Waals surface area contributed by atoms with E-state index in [9.17, 15) is 14.0 Å². The van der Waals surface area contributed by atoms with Gasteiger partial charge in [0.05, 0.1) is 25.8 Å². The molecule has 0 aliphatic carbocycles. The van der Waals surface area contributed by atoms with Crippen LogP contribution in [0.25, 0.3) is 11.1 Å². The van der Waals surface area contributed by atoms with E-state index in [1.165, 1.54) is 29.9 Å². The Morgan fingerprint density at radius 1 is 0.917 bits per heavy atom. The van der Waals surface area contributed by atoms with Crippen molar-refractivity contribution >= 4 is 0 Å². The summed E-state index contributed by atoms with van der Waals surface area (Å²) in [5.74, 6) is -1.25. The maximum atomic E-state index is 15.3. The van der Waals surface area contributed by atoms with E-state index in [1.807, 2.05) is 18.2 Å². The second kappa shape index (κ2) is 10.3. The first-order valence-electron chi connectivity index (χ1n) is 11.5. The van der Waals surface area contributed by atoms with Gasteiger partial charge in [-0.15, -0.1) is 0 Å². The fourth-order valence-corrected chi connectivity index (χ4v) is 4.35. The molecule has 36 heavy (non-hydrogen) atoms. The summed E-state index contributed by atoms with van der Waals surface area (Å²) in [4.78, 5) is 27.3. The van der Waals surface area contributed by atoms with Gasteiger partial charge in [-0.25, -0.2) is 13.6 Å². The number of benzene rings is 3. The average molecular weight is 492 g/mol. The molecular formula is C28H27F2N3O3. The summed E-state index contributed by atoms with van der Waals surface area (Å²) in [5, 5.41) is 0. The zero-order chi connectivity index (χ0) is 26.0. The van der Waals surface area contributed by atoms with Gasteiger partial charge in [-0.05, 0) is 37.1 Å². The molecule has 0 bridgehead atoms. The van der Waals surface area contributed by atoms with Crippen molar-refractivity contribution in [1.29, 1.82) is 0 Å². The predicted molar refractivity (Wildman–Crippen MR) is 135 cm³/mol. The Labute approximate surface area is 207 Å². The average Bonchev–Trinajstić information content (AvgIpc) is 2.87. The SMILES string of the molecule is COc1cccc(-c2c(C)n(Cc3c(C)cccc3F)c(=O)n(CC(N)c3ccccc3)c2=O)c1F. The van der Waals surface area contributed by atoms with E-state index < -0.39 is 28.9 Å². The largest absolute Gasteiger partial charge is 0.494 e. The second-order valence-corrected chi connectivity index (χ2v) is 8.62. The van der Waals surface area contributed by atoms with Gasteiger partial charge in [0.1, 0.15) is 5.82 Å². The molecule has 0 aliphatic heterocycles. The van der Waals surface area contributed by atoms with Crippen LogP contribution in [0.5, 0.6) is 5.75 Å². The van der Waals surface area contributed by atoms with Crippen LogP contribution >= 0.6 is 0 Å². The number of aryl methyl sites for hydroxylation is 1. The van der Waals surface area contributed by atoms with Crippen molar-refractivity contribution in [2.75, 3.05) is 7.11 Å². The van der Waals surface area contributed by atoms with Crippen molar-refractivity contribution in [3.63, 3.8) is 0 Å². The van der Waals surface area contributed by atoms with Crippen LogP contribution in [-0.4, -0.2) is 16.2 Å². The number of hydrogen-bond acceptors (Lipinski definition) is 4. The van der Waals surface area contributed by atoms with E-state index in [0.29, 0.717) is 11.1 Å². The van der Waals surface area contributed by atoms with Gasteiger partial charge in [-0.2, -0.15) is 0 Å². The summed E-state index contributed by atoms with van der Waals surface area (Å²) in [6.07, 6.45) is 0. The molecule has 4 rings (SSSR count). The summed E-state index contributed by atoms with van der Waals surface area (Å²) in [5.41, 5.74) is 6.88. The van der Waals surface area contributed by atoms with E-state index in [-0.39, 0.29) is 35.7 Å². The quantitative estimate of drug-likeness (QED) is 0.418. The van der Waals surface area contributed by atoms with Crippen molar-refractivity contribution in [2.45, 2.75) is 33.0 Å². The van der Waals surface area contributed by atoms with Gasteiger partial charge in [0, 0.05) is 22.9 Å². The summed E-state index contributed by atoms with van der Waals surface area (Å²) in [6, 6.07) is 17.5. The Morgan fingerprint density at radius 2 is 1.61 bits per heavy atom. The van der Waals surface area contributed by atoms with Gasteiger partial charge in [0.25, 0.3) is 5.56 Å². The highest BCUT2D eigenvalue weighted by Gasteiger charge is 2.24. The first-order chi connectivity index (χ1) is 17.2. The molecule has 0 fully saturated rings. The maximum Gasteiger partial charge on any atom is 0.331 e. The van der Waals surface area contributed by atoms with E-state index in [0.717, 1.165) is 10.1 Å². The standard InChI is InChI=1S/C28H27F2N3O3/c1-17-9-7-13-22(29)21(17)15-32-18(2)25(20-12-8-14-24(36-3)26(20)30)27(34)33(28(32)35)16-23(31)19-10-5-4-6-11-19/h4-14,23H,15-16,31H2,1-3H3. The van der Waals surface area contributed by atoms with Crippen LogP contribution in [0.1, 0.15) is 28.4 Å². The predicted octanol–water partition coefficient (Wildman–Crippen LogP) is 4.33. The smallest absolute Gasteiger partial charge is 0.331 e. The molecule has 6 nitrogen and oxygen atoms in total. The number of rotatable bonds is 7. The lowest BCUT2D eigenvalue weighted by Crippen LogP contribution is -2.44. The molecule has 2 N–H and O–H groups in total. The molecule has 0 aliphatic rings. The molecule has 0 radical (unpaired) electrons. The molecule has 1 unspecified atom stereocenters. The molecule has 0 saturated carbocycles. The Bertz CT molecular complexity index is 1510. The van der Waals surface area contributed by atoms with Gasteiger partial charge in [0.2, 0.25) is 0 Å². The van der Waals surface area contributed by atoms with E-state index in [1.54, 1.807) is 44.2 Å². The minimum atomic E-state index is -0.730. The molecule has 1 aromatic heterocycles. The van der Waals surface area contributed by atoms with Crippen molar-refractivity contribution in [3.8, 4) is 16.9 Å². The molecule has 1 atom stereocenters. The third kappa shape index (κ3) is 4.59. The summed E-state index contributed by atoms with van der Waals surface area (Å²) in [6.45, 7) is 3.01. The highest BCUT2D eigenvalue weighted by Crippen LogP contribution is 2.29. The highest BCUT2D eigenvalue weighted by molar-refractivity contribution is 5.67. The fraction of sp³-hybridized carbons (Fsp3) is 0.214. The Hall–Kier alpha value is -4.04. The number of nitrogens with zero attached hydrogens (tertiary/aromatic N) is 2. The Kier molecular flexibility index (Phi) is 7.17. The van der Waals surface area contributed by atoms with Crippen LogP contribution in [-0.2, 0) is 13.1 Å². The second-order valence-electron chi connectivity index (χ2n) is 8.62. The number of halogens is 2. The van der Waals surface area contributed by atoms with Gasteiger partial charge in [0.15, 0.2) is 11.6 Å². The van der Waals surface area contributed by atoms with Crippen LogP contribution in [0.3, 0.4) is 0 Å². The van der Waals surface area contributed by atoms with Crippen molar-refractivity contribution in [1.82, 2.24) is 9.13 Å². The number of aromatic nitrogens is 2. The normalized spacial score (nSPS) is 11.9. The van der Waals surface area contributed by atoms with Crippen molar-refractivity contribution in [2.24, 2.45) is 5.73 Å². The summed E-state index contributed by atoms with van der Waals surface area (Å²) in [7, 11) is 1.33. The molecule has 8 heteroatoms. The lowest BCUT2D eigenvalue weighted by Gasteiger charge is -2.21. The minimum absolute atomic E-state index is 0.0137.